The van der Waals surface area contributed by atoms with Crippen molar-refractivity contribution in [2.45, 2.75) is 45.1 Å². The van der Waals surface area contributed by atoms with Gasteiger partial charge in [0.15, 0.2) is 6.54 Å². The first-order chi connectivity index (χ1) is 14.5. The number of hydrogen-bond acceptors (Lipinski definition) is 4. The predicted octanol–water partition coefficient (Wildman–Crippen LogP) is 1.98. The van der Waals surface area contributed by atoms with Crippen LogP contribution in [0.5, 0.6) is 0 Å². The monoisotopic (exact) mass is 427 g/mol. The fraction of sp³-hybridized carbons (Fsp3) is 0.478. The van der Waals surface area contributed by atoms with Crippen LogP contribution in [0.2, 0.25) is 0 Å². The number of likely N-dealkylation sites (N-methyl/N-ethyl adjacent to an activating group) is 1. The molecule has 1 fully saturated rings. The number of nitrogens with two attached hydrogens (primary N) is 1. The van der Waals surface area contributed by atoms with Crippen LogP contribution in [0.3, 0.4) is 0 Å². The van der Waals surface area contributed by atoms with Crippen molar-refractivity contribution in [2.24, 2.45) is 5.73 Å². The van der Waals surface area contributed by atoms with E-state index in [1.54, 1.807) is 0 Å². The summed E-state index contributed by atoms with van der Waals surface area (Å²) >= 11 is 1.52. The first-order valence-corrected chi connectivity index (χ1v) is 11.7. The van der Waals surface area contributed by atoms with E-state index in [1.165, 1.54) is 40.3 Å². The lowest BCUT2D eigenvalue weighted by atomic mass is 9.95. The van der Waals surface area contributed by atoms with Crippen LogP contribution in [0.15, 0.2) is 24.3 Å². The van der Waals surface area contributed by atoms with Crippen molar-refractivity contribution >= 4 is 33.8 Å². The molecule has 0 bridgehead atoms. The zero-order chi connectivity index (χ0) is 21.1. The Morgan fingerprint density at radius 3 is 2.63 bits per heavy atom. The van der Waals surface area contributed by atoms with Crippen LogP contribution in [0, 0.1) is 0 Å². The molecule has 1 aromatic heterocycles. The molecule has 1 atom stereocenters. The maximum absolute atomic E-state index is 12.8. The Labute approximate surface area is 182 Å². The number of rotatable bonds is 7. The zero-order valence-corrected chi connectivity index (χ0v) is 18.4. The summed E-state index contributed by atoms with van der Waals surface area (Å²) in [5.41, 5.74) is 9.78. The number of nitrogens with zero attached hydrogens (tertiary/aromatic N) is 1. The molecule has 1 aliphatic heterocycles. The van der Waals surface area contributed by atoms with E-state index in [1.807, 2.05) is 7.05 Å². The maximum atomic E-state index is 12.8. The number of hydrogen-bond donors (Lipinski definition) is 3. The molecule has 2 aromatic rings. The van der Waals surface area contributed by atoms with Gasteiger partial charge in [0.1, 0.15) is 11.5 Å². The number of anilines is 2. The molecule has 7 heteroatoms. The topological polar surface area (TPSA) is 79.9 Å². The van der Waals surface area contributed by atoms with Crippen molar-refractivity contribution in [1.29, 1.82) is 0 Å². The van der Waals surface area contributed by atoms with Gasteiger partial charge in [-0.05, 0) is 50.2 Å². The van der Waals surface area contributed by atoms with Gasteiger partial charge in [0.05, 0.1) is 12.6 Å². The van der Waals surface area contributed by atoms with Gasteiger partial charge in [-0.15, -0.1) is 11.3 Å². The van der Waals surface area contributed by atoms with Crippen LogP contribution < -0.4 is 20.9 Å². The number of aryl methyl sites for hydroxylation is 1. The molecule has 0 saturated carbocycles. The zero-order valence-electron chi connectivity index (χ0n) is 17.6. The first kappa shape index (κ1) is 20.9. The maximum Gasteiger partial charge on any atom is 0.280 e. The highest BCUT2D eigenvalue weighted by molar-refractivity contribution is 7.17. The minimum atomic E-state index is -0.440. The number of carbonyl (C=O) groups excluding carboxylic acids is 2. The smallest absolute Gasteiger partial charge is 0.280 e. The molecule has 160 valence electrons. The van der Waals surface area contributed by atoms with E-state index >= 15 is 0 Å². The van der Waals surface area contributed by atoms with Gasteiger partial charge in [-0.2, -0.15) is 0 Å². The van der Waals surface area contributed by atoms with Gasteiger partial charge in [-0.3, -0.25) is 9.59 Å². The Hall–Kier alpha value is -2.38. The molecule has 4 N–H and O–H groups in total. The van der Waals surface area contributed by atoms with Crippen molar-refractivity contribution in [1.82, 2.24) is 0 Å². The molecule has 2 heterocycles. The first-order valence-electron chi connectivity index (χ1n) is 10.9. The van der Waals surface area contributed by atoms with Crippen LogP contribution >= 0.6 is 11.3 Å². The number of para-hydroxylation sites is 1. The number of amides is 2. The summed E-state index contributed by atoms with van der Waals surface area (Å²) in [5.74, 6) is -0.516. The predicted molar refractivity (Wildman–Crippen MR) is 121 cm³/mol. The third-order valence-electron chi connectivity index (χ3n) is 6.06. The second kappa shape index (κ2) is 9.18. The van der Waals surface area contributed by atoms with Crippen molar-refractivity contribution in [3.05, 3.63) is 45.8 Å². The second-order valence-corrected chi connectivity index (χ2v) is 9.57. The van der Waals surface area contributed by atoms with Gasteiger partial charge in [-0.1, -0.05) is 18.2 Å². The van der Waals surface area contributed by atoms with E-state index in [0.29, 0.717) is 17.1 Å². The summed E-state index contributed by atoms with van der Waals surface area (Å²) in [4.78, 5) is 29.5. The minimum Gasteiger partial charge on any atom is -0.371 e. The molecule has 0 spiro atoms. The van der Waals surface area contributed by atoms with Crippen LogP contribution in [0.25, 0.3) is 0 Å². The molecule has 1 aromatic carbocycles. The average Bonchev–Trinajstić information content (AvgIpc) is 3.35. The Morgan fingerprint density at radius 1 is 1.13 bits per heavy atom. The number of carbonyl (C=O) groups is 2. The Kier molecular flexibility index (Phi) is 6.39. The minimum absolute atomic E-state index is 0.0766. The molecule has 4 rings (SSSR count). The molecular weight excluding hydrogens is 396 g/mol. The van der Waals surface area contributed by atoms with Crippen LogP contribution in [0.1, 0.15) is 52.0 Å². The molecule has 2 amide bonds. The summed E-state index contributed by atoms with van der Waals surface area (Å²) in [7, 11) is 2.04. The number of thiophene rings is 1. The van der Waals surface area contributed by atoms with Crippen LogP contribution in [0.4, 0.5) is 10.7 Å². The summed E-state index contributed by atoms with van der Waals surface area (Å²) < 4.78 is 0. The number of primary amides is 1. The van der Waals surface area contributed by atoms with E-state index in [-0.39, 0.29) is 5.91 Å². The fourth-order valence-electron chi connectivity index (χ4n) is 4.67. The molecule has 1 aliphatic carbocycles. The number of nitrogens with one attached hydrogen (secondary N) is 2. The normalized spacial score (nSPS) is 16.9. The highest BCUT2D eigenvalue weighted by atomic mass is 32.1. The standard InChI is InChI=1S/C23H30N4O2S/c1-26(14-16-8-2-4-10-18(16)27-12-6-7-13-27)15-20(28)25-23-21(22(24)29)17-9-3-5-11-19(17)30-23/h2,4,8,10H,3,5-7,9,11-15H2,1H3,(H2,24,29)(H,25,28)/p+1. The third-order valence-corrected chi connectivity index (χ3v) is 7.27. The molecular formula is C23H31N4O2S+. The van der Waals surface area contributed by atoms with Crippen LogP contribution in [-0.4, -0.2) is 38.5 Å². The number of benzene rings is 1. The van der Waals surface area contributed by atoms with Gasteiger partial charge in [0.25, 0.3) is 11.8 Å². The lowest BCUT2D eigenvalue weighted by Gasteiger charge is -2.22. The SMILES string of the molecule is C[NH+](CC(=O)Nc1sc2c(c1C(N)=O)CCCC2)Cc1ccccc1N1CCCC1. The van der Waals surface area contributed by atoms with Gasteiger partial charge in [0, 0.05) is 29.2 Å². The summed E-state index contributed by atoms with van der Waals surface area (Å²) in [6, 6.07) is 8.50. The lowest BCUT2D eigenvalue weighted by molar-refractivity contribution is -0.885. The van der Waals surface area contributed by atoms with Crippen molar-refractivity contribution in [3.8, 4) is 0 Å². The number of fused-ring (bicyclic) bond motifs is 1. The molecule has 2 aliphatic rings. The Balaban J connectivity index is 1.42. The summed E-state index contributed by atoms with van der Waals surface area (Å²) in [5, 5.41) is 3.61. The lowest BCUT2D eigenvalue weighted by Crippen LogP contribution is -3.08. The van der Waals surface area contributed by atoms with Gasteiger partial charge in [0.2, 0.25) is 0 Å². The van der Waals surface area contributed by atoms with Crippen molar-refractivity contribution in [2.75, 3.05) is 36.9 Å². The summed E-state index contributed by atoms with van der Waals surface area (Å²) in [6.45, 7) is 3.34. The van der Waals surface area contributed by atoms with E-state index in [4.69, 9.17) is 5.73 Å². The highest BCUT2D eigenvalue weighted by Gasteiger charge is 2.26. The van der Waals surface area contributed by atoms with E-state index in [0.717, 1.165) is 55.8 Å². The van der Waals surface area contributed by atoms with Gasteiger partial charge >= 0.3 is 0 Å². The molecule has 6 nitrogen and oxygen atoms in total. The second-order valence-electron chi connectivity index (χ2n) is 8.46. The Bertz CT molecular complexity index is 933. The highest BCUT2D eigenvalue weighted by Crippen LogP contribution is 2.37. The third kappa shape index (κ3) is 4.52. The van der Waals surface area contributed by atoms with Crippen LogP contribution in [-0.2, 0) is 24.2 Å². The Morgan fingerprint density at radius 2 is 1.87 bits per heavy atom. The fourth-order valence-corrected chi connectivity index (χ4v) is 5.98. The van der Waals surface area contributed by atoms with Gasteiger partial charge in [-0.25, -0.2) is 0 Å². The molecule has 1 saturated heterocycles. The van der Waals surface area contributed by atoms with E-state index in [2.05, 4.69) is 34.5 Å². The summed E-state index contributed by atoms with van der Waals surface area (Å²) in [6.07, 6.45) is 6.52. The van der Waals surface area contributed by atoms with Gasteiger partial charge < -0.3 is 20.9 Å². The van der Waals surface area contributed by atoms with E-state index in [9.17, 15) is 9.59 Å². The van der Waals surface area contributed by atoms with E-state index < -0.39 is 5.91 Å². The largest absolute Gasteiger partial charge is 0.371 e. The number of quaternary nitrogens is 1. The molecule has 1 unspecified atom stereocenters. The quantitative estimate of drug-likeness (QED) is 0.632. The van der Waals surface area contributed by atoms with Crippen molar-refractivity contribution in [3.63, 3.8) is 0 Å². The molecule has 0 radical (unpaired) electrons. The van der Waals surface area contributed by atoms with Crippen molar-refractivity contribution < 1.29 is 14.5 Å². The average molecular weight is 428 g/mol. The molecule has 30 heavy (non-hydrogen) atoms.